The van der Waals surface area contributed by atoms with Crippen molar-refractivity contribution < 1.29 is 19.1 Å². The molecule has 6 nitrogen and oxygen atoms in total. The molecule has 6 heteroatoms. The average Bonchev–Trinajstić information content (AvgIpc) is 3.24. The fourth-order valence-electron chi connectivity index (χ4n) is 3.92. The Balaban J connectivity index is 1.71. The molecule has 3 rings (SSSR count). The SMILES string of the molecule is NC(=O)CCN(C(=O)COC(=O)C1(c2ccccc2)CCCC1)c1ccccc1. The van der Waals surface area contributed by atoms with E-state index in [-0.39, 0.29) is 31.4 Å². The standard InChI is InChI=1S/C23H26N2O4/c24-20(26)13-16-25(19-11-5-2-6-12-19)21(27)17-29-22(28)23(14-7-8-15-23)18-9-3-1-4-10-18/h1-6,9-12H,7-8,13-17H2,(H2,24,26). The van der Waals surface area contributed by atoms with Crippen LogP contribution in [0.4, 0.5) is 5.69 Å². The van der Waals surface area contributed by atoms with Gasteiger partial charge in [0.15, 0.2) is 6.61 Å². The Labute approximate surface area is 170 Å². The molecule has 0 radical (unpaired) electrons. The summed E-state index contributed by atoms with van der Waals surface area (Å²) in [5.74, 6) is -1.24. The Bertz CT molecular complexity index is 846. The molecular formula is C23H26N2O4. The largest absolute Gasteiger partial charge is 0.455 e. The second-order valence-electron chi connectivity index (χ2n) is 7.33. The van der Waals surface area contributed by atoms with Gasteiger partial charge in [-0.05, 0) is 30.5 Å². The molecule has 1 aliphatic rings. The van der Waals surface area contributed by atoms with Crippen molar-refractivity contribution in [3.63, 3.8) is 0 Å². The first-order valence-corrected chi connectivity index (χ1v) is 9.89. The lowest BCUT2D eigenvalue weighted by atomic mass is 9.79. The van der Waals surface area contributed by atoms with E-state index < -0.39 is 11.3 Å². The number of carbonyl (C=O) groups excluding carboxylic acids is 3. The normalized spacial score (nSPS) is 14.9. The van der Waals surface area contributed by atoms with Gasteiger partial charge < -0.3 is 15.4 Å². The summed E-state index contributed by atoms with van der Waals surface area (Å²) < 4.78 is 5.51. The first-order valence-electron chi connectivity index (χ1n) is 9.89. The molecule has 0 atom stereocenters. The van der Waals surface area contributed by atoms with E-state index in [4.69, 9.17) is 10.5 Å². The summed E-state index contributed by atoms with van der Waals surface area (Å²) in [6.45, 7) is -0.235. The summed E-state index contributed by atoms with van der Waals surface area (Å²) in [5.41, 5.74) is 6.12. The Morgan fingerprint density at radius 1 is 0.931 bits per heavy atom. The van der Waals surface area contributed by atoms with Gasteiger partial charge in [0.05, 0.1) is 5.41 Å². The van der Waals surface area contributed by atoms with Crippen LogP contribution in [0.5, 0.6) is 0 Å². The van der Waals surface area contributed by atoms with Crippen molar-refractivity contribution in [3.05, 3.63) is 66.2 Å². The van der Waals surface area contributed by atoms with E-state index in [1.165, 1.54) is 4.90 Å². The van der Waals surface area contributed by atoms with Crippen molar-refractivity contribution in [3.8, 4) is 0 Å². The summed E-state index contributed by atoms with van der Waals surface area (Å²) in [5, 5.41) is 0. The second kappa shape index (κ2) is 9.37. The summed E-state index contributed by atoms with van der Waals surface area (Å²) in [4.78, 5) is 38.5. The van der Waals surface area contributed by atoms with Crippen molar-refractivity contribution in [1.82, 2.24) is 0 Å². The van der Waals surface area contributed by atoms with E-state index in [0.29, 0.717) is 18.5 Å². The van der Waals surface area contributed by atoms with Crippen LogP contribution in [0.3, 0.4) is 0 Å². The van der Waals surface area contributed by atoms with Gasteiger partial charge in [-0.25, -0.2) is 0 Å². The number of rotatable bonds is 8. The van der Waals surface area contributed by atoms with Crippen molar-refractivity contribution in [2.45, 2.75) is 37.5 Å². The molecule has 29 heavy (non-hydrogen) atoms. The minimum Gasteiger partial charge on any atom is -0.455 e. The van der Waals surface area contributed by atoms with Gasteiger partial charge in [-0.2, -0.15) is 0 Å². The van der Waals surface area contributed by atoms with E-state index in [0.717, 1.165) is 18.4 Å². The lowest BCUT2D eigenvalue weighted by molar-refractivity contribution is -0.153. The van der Waals surface area contributed by atoms with E-state index in [9.17, 15) is 14.4 Å². The van der Waals surface area contributed by atoms with Crippen LogP contribution in [-0.4, -0.2) is 30.9 Å². The van der Waals surface area contributed by atoms with Gasteiger partial charge in [-0.1, -0.05) is 61.4 Å². The molecule has 2 N–H and O–H groups in total. The Hall–Kier alpha value is -3.15. The Morgan fingerprint density at radius 3 is 2.10 bits per heavy atom. The van der Waals surface area contributed by atoms with Gasteiger partial charge in [0.25, 0.3) is 5.91 Å². The molecule has 0 spiro atoms. The summed E-state index contributed by atoms with van der Waals surface area (Å²) >= 11 is 0. The van der Waals surface area contributed by atoms with Crippen LogP contribution in [0, 0.1) is 0 Å². The zero-order valence-corrected chi connectivity index (χ0v) is 16.4. The first kappa shape index (κ1) is 20.6. The van der Waals surface area contributed by atoms with Gasteiger partial charge in [-0.15, -0.1) is 0 Å². The maximum Gasteiger partial charge on any atom is 0.317 e. The highest BCUT2D eigenvalue weighted by Crippen LogP contribution is 2.42. The third kappa shape index (κ3) is 4.83. The van der Waals surface area contributed by atoms with E-state index in [1.54, 1.807) is 24.3 Å². The third-order valence-corrected chi connectivity index (χ3v) is 5.45. The molecule has 0 aliphatic heterocycles. The van der Waals surface area contributed by atoms with Crippen molar-refractivity contribution in [1.29, 1.82) is 0 Å². The van der Waals surface area contributed by atoms with E-state index in [2.05, 4.69) is 0 Å². The first-order chi connectivity index (χ1) is 14.0. The number of hydrogen-bond donors (Lipinski definition) is 1. The van der Waals surface area contributed by atoms with Crippen LogP contribution in [0.1, 0.15) is 37.7 Å². The van der Waals surface area contributed by atoms with Gasteiger partial charge in [0, 0.05) is 18.7 Å². The molecule has 1 fully saturated rings. The number of benzene rings is 2. The zero-order chi connectivity index (χ0) is 20.7. The Morgan fingerprint density at radius 2 is 1.52 bits per heavy atom. The van der Waals surface area contributed by atoms with E-state index in [1.807, 2.05) is 36.4 Å². The van der Waals surface area contributed by atoms with Crippen LogP contribution in [0.2, 0.25) is 0 Å². The predicted octanol–water partition coefficient (Wildman–Crippen LogP) is 2.95. The lowest BCUT2D eigenvalue weighted by Gasteiger charge is -2.28. The van der Waals surface area contributed by atoms with E-state index >= 15 is 0 Å². The number of nitrogens with two attached hydrogens (primary N) is 1. The number of carbonyl (C=O) groups is 3. The quantitative estimate of drug-likeness (QED) is 0.697. The van der Waals surface area contributed by atoms with Crippen LogP contribution in [-0.2, 0) is 24.5 Å². The number of nitrogens with zero attached hydrogens (tertiary/aromatic N) is 1. The van der Waals surface area contributed by atoms with Gasteiger partial charge in [-0.3, -0.25) is 14.4 Å². The molecule has 2 amide bonds. The molecule has 2 aromatic carbocycles. The highest BCUT2D eigenvalue weighted by molar-refractivity contribution is 5.96. The molecule has 1 saturated carbocycles. The number of esters is 1. The van der Waals surface area contributed by atoms with Gasteiger partial charge in [0.1, 0.15) is 0 Å². The highest BCUT2D eigenvalue weighted by Gasteiger charge is 2.44. The van der Waals surface area contributed by atoms with Crippen LogP contribution in [0.25, 0.3) is 0 Å². The molecule has 0 heterocycles. The molecular weight excluding hydrogens is 368 g/mol. The fourth-order valence-corrected chi connectivity index (χ4v) is 3.92. The zero-order valence-electron chi connectivity index (χ0n) is 16.4. The number of ether oxygens (including phenoxy) is 1. The highest BCUT2D eigenvalue weighted by atomic mass is 16.5. The van der Waals surface area contributed by atoms with Crippen molar-refractivity contribution in [2.24, 2.45) is 5.73 Å². The van der Waals surface area contributed by atoms with Crippen LogP contribution in [0.15, 0.2) is 60.7 Å². The number of hydrogen-bond acceptors (Lipinski definition) is 4. The minimum atomic E-state index is -0.688. The molecule has 0 bridgehead atoms. The number of para-hydroxylation sites is 1. The lowest BCUT2D eigenvalue weighted by Crippen LogP contribution is -2.40. The van der Waals surface area contributed by atoms with Crippen molar-refractivity contribution >= 4 is 23.5 Å². The summed E-state index contributed by atoms with van der Waals surface area (Å²) in [7, 11) is 0. The molecule has 0 unspecified atom stereocenters. The smallest absolute Gasteiger partial charge is 0.317 e. The minimum absolute atomic E-state index is 0.0303. The Kier molecular flexibility index (Phi) is 6.65. The number of amides is 2. The average molecular weight is 394 g/mol. The summed E-state index contributed by atoms with van der Waals surface area (Å²) in [6.07, 6.45) is 3.37. The van der Waals surface area contributed by atoms with Crippen LogP contribution < -0.4 is 10.6 Å². The number of anilines is 1. The molecule has 2 aromatic rings. The summed E-state index contributed by atoms with van der Waals surface area (Å²) in [6, 6.07) is 18.6. The third-order valence-electron chi connectivity index (χ3n) is 5.45. The molecule has 0 aromatic heterocycles. The fraction of sp³-hybridized carbons (Fsp3) is 0.348. The maximum atomic E-state index is 13.0. The molecule has 0 saturated heterocycles. The maximum absolute atomic E-state index is 13.0. The molecule has 1 aliphatic carbocycles. The monoisotopic (exact) mass is 394 g/mol. The number of primary amides is 1. The van der Waals surface area contributed by atoms with Crippen molar-refractivity contribution in [2.75, 3.05) is 18.1 Å². The second-order valence-corrected chi connectivity index (χ2v) is 7.33. The topological polar surface area (TPSA) is 89.7 Å². The molecule has 152 valence electrons. The van der Waals surface area contributed by atoms with Gasteiger partial charge in [0.2, 0.25) is 5.91 Å². The van der Waals surface area contributed by atoms with Crippen LogP contribution >= 0.6 is 0 Å². The predicted molar refractivity (Wildman–Crippen MR) is 110 cm³/mol. The van der Waals surface area contributed by atoms with Gasteiger partial charge >= 0.3 is 5.97 Å².